The second kappa shape index (κ2) is 10.8. The van der Waals surface area contributed by atoms with Gasteiger partial charge < -0.3 is 15.3 Å². The molecule has 5 unspecified atom stereocenters. The molecule has 0 spiro atoms. The van der Waals surface area contributed by atoms with Gasteiger partial charge in [-0.05, 0) is 104 Å². The molecule has 1 aromatic heterocycles. The number of hydrogen-bond acceptors (Lipinski definition) is 7. The highest BCUT2D eigenvalue weighted by Crippen LogP contribution is 2.39. The lowest BCUT2D eigenvalue weighted by atomic mass is 9.77. The van der Waals surface area contributed by atoms with Crippen molar-refractivity contribution in [3.63, 3.8) is 0 Å². The summed E-state index contributed by atoms with van der Waals surface area (Å²) in [6, 6.07) is 11.8. The van der Waals surface area contributed by atoms with Gasteiger partial charge in [0.2, 0.25) is 5.91 Å². The van der Waals surface area contributed by atoms with Crippen LogP contribution in [0.3, 0.4) is 0 Å². The summed E-state index contributed by atoms with van der Waals surface area (Å²) < 4.78 is 0. The molecule has 194 valence electrons. The predicted octanol–water partition coefficient (Wildman–Crippen LogP) is 3.35. The third kappa shape index (κ3) is 5.07. The van der Waals surface area contributed by atoms with Crippen LogP contribution >= 0.6 is 11.3 Å². The van der Waals surface area contributed by atoms with Crippen molar-refractivity contribution in [3.8, 4) is 0 Å². The zero-order valence-corrected chi connectivity index (χ0v) is 21.8. The van der Waals surface area contributed by atoms with Gasteiger partial charge >= 0.3 is 0 Å². The second-order valence-corrected chi connectivity index (χ2v) is 11.8. The van der Waals surface area contributed by atoms with E-state index in [1.807, 2.05) is 0 Å². The summed E-state index contributed by atoms with van der Waals surface area (Å²) >= 11 is 1.67. The molecule has 0 radical (unpaired) electrons. The Hall–Kier alpha value is -1.97. The van der Waals surface area contributed by atoms with Gasteiger partial charge in [-0.1, -0.05) is 12.1 Å². The molecule has 1 amide bonds. The largest absolute Gasteiger partial charge is 0.393 e. The average molecular weight is 510 g/mol. The number of fused-ring (bicyclic) bond motifs is 1. The number of carbonyl (C=O) groups is 1. The molecule has 4 N–H and O–H groups in total. The molecule has 3 aliphatic heterocycles. The average Bonchev–Trinajstić information content (AvgIpc) is 3.68. The molecule has 1 aliphatic carbocycles. The van der Waals surface area contributed by atoms with E-state index in [0.717, 1.165) is 63.8 Å². The highest BCUT2D eigenvalue weighted by atomic mass is 32.1. The van der Waals surface area contributed by atoms with Crippen molar-refractivity contribution in [2.45, 2.75) is 75.2 Å². The molecule has 4 aliphatic rings. The lowest BCUT2D eigenvalue weighted by Gasteiger charge is -2.35. The number of thiophene rings is 1. The summed E-state index contributed by atoms with van der Waals surface area (Å²) in [4.78, 5) is 18.3. The Bertz CT molecular complexity index is 1000. The van der Waals surface area contributed by atoms with Crippen LogP contribution in [0.25, 0.3) is 0 Å². The van der Waals surface area contributed by atoms with Gasteiger partial charge in [-0.15, -0.1) is 0 Å². The third-order valence-electron chi connectivity index (χ3n) is 8.79. The monoisotopic (exact) mass is 509 g/mol. The second-order valence-electron chi connectivity index (χ2n) is 11.1. The molecule has 36 heavy (non-hydrogen) atoms. The molecule has 6 rings (SSSR count). The molecule has 7 nitrogen and oxygen atoms in total. The van der Waals surface area contributed by atoms with Gasteiger partial charge in [0.1, 0.15) is 6.04 Å². The molecule has 3 saturated heterocycles. The van der Waals surface area contributed by atoms with E-state index >= 15 is 0 Å². The van der Waals surface area contributed by atoms with Crippen LogP contribution in [0.5, 0.6) is 0 Å². The highest BCUT2D eigenvalue weighted by molar-refractivity contribution is 7.08. The topological polar surface area (TPSA) is 79.9 Å². The number of hydrogen-bond donors (Lipinski definition) is 4. The van der Waals surface area contributed by atoms with E-state index < -0.39 is 0 Å². The summed E-state index contributed by atoms with van der Waals surface area (Å²) in [7, 11) is 0. The zero-order valence-electron chi connectivity index (χ0n) is 20.9. The maximum Gasteiger partial charge on any atom is 0.242 e. The Morgan fingerprint density at radius 2 is 1.78 bits per heavy atom. The van der Waals surface area contributed by atoms with E-state index in [1.165, 1.54) is 24.1 Å². The minimum Gasteiger partial charge on any atom is -0.393 e. The van der Waals surface area contributed by atoms with Gasteiger partial charge in [-0.3, -0.25) is 15.1 Å². The SMILES string of the molecule is O=C(NC1CCC2NNC(c3ccc(N4CCC(O)CC4)cc3)C2C1)C(c1ccsc1)N1CCCC1. The predicted molar refractivity (Wildman–Crippen MR) is 144 cm³/mol. The van der Waals surface area contributed by atoms with Crippen LogP contribution < -0.4 is 21.1 Å². The van der Waals surface area contributed by atoms with Crippen molar-refractivity contribution in [1.82, 2.24) is 21.1 Å². The fourth-order valence-corrected chi connectivity index (χ4v) is 7.45. The molecule has 4 heterocycles. The van der Waals surface area contributed by atoms with Gasteiger partial charge in [-0.25, -0.2) is 5.43 Å². The lowest BCUT2D eigenvalue weighted by molar-refractivity contribution is -0.127. The number of piperidine rings is 1. The molecule has 1 aromatic carbocycles. The first-order chi connectivity index (χ1) is 17.7. The first-order valence-electron chi connectivity index (χ1n) is 13.8. The van der Waals surface area contributed by atoms with Gasteiger partial charge in [0.25, 0.3) is 0 Å². The zero-order chi connectivity index (χ0) is 24.5. The normalized spacial score (nSPS) is 30.3. The third-order valence-corrected chi connectivity index (χ3v) is 9.49. The van der Waals surface area contributed by atoms with Crippen LogP contribution in [0.2, 0.25) is 0 Å². The van der Waals surface area contributed by atoms with E-state index in [2.05, 4.69) is 67.1 Å². The van der Waals surface area contributed by atoms with Crippen molar-refractivity contribution in [1.29, 1.82) is 0 Å². The van der Waals surface area contributed by atoms with Crippen molar-refractivity contribution in [3.05, 3.63) is 52.2 Å². The maximum absolute atomic E-state index is 13.5. The maximum atomic E-state index is 13.5. The van der Waals surface area contributed by atoms with Crippen LogP contribution in [0.4, 0.5) is 5.69 Å². The summed E-state index contributed by atoms with van der Waals surface area (Å²) in [5.41, 5.74) is 10.8. The molecular weight excluding hydrogens is 470 g/mol. The molecule has 8 heteroatoms. The van der Waals surface area contributed by atoms with Gasteiger partial charge in [0, 0.05) is 30.9 Å². The number of aliphatic hydroxyl groups is 1. The Labute approximate surface area is 218 Å². The number of likely N-dealkylation sites (tertiary alicyclic amines) is 1. The van der Waals surface area contributed by atoms with E-state index in [4.69, 9.17) is 0 Å². The molecule has 4 fully saturated rings. The summed E-state index contributed by atoms with van der Waals surface area (Å²) in [6.07, 6.45) is 6.97. The van der Waals surface area contributed by atoms with Crippen LogP contribution in [-0.4, -0.2) is 60.3 Å². The van der Waals surface area contributed by atoms with Crippen molar-refractivity contribution < 1.29 is 9.90 Å². The standard InChI is InChI=1S/C28H39N5O2S/c34-23-9-14-32(15-10-23)22-6-3-19(4-7-22)26-24-17-21(5-8-25(24)30-31-26)29-28(35)27(20-11-16-36-18-20)33-12-1-2-13-33/h3-4,6-7,11,16,18,21,23-27,30-31,34H,1-2,5,8-10,12-15,17H2,(H,29,35). The van der Waals surface area contributed by atoms with E-state index in [0.29, 0.717) is 12.0 Å². The number of rotatable bonds is 6. The van der Waals surface area contributed by atoms with Gasteiger partial charge in [0.05, 0.1) is 12.1 Å². The fraction of sp³-hybridized carbons (Fsp3) is 0.607. The highest BCUT2D eigenvalue weighted by Gasteiger charge is 2.42. The molecule has 1 saturated carbocycles. The fourth-order valence-electron chi connectivity index (χ4n) is 6.77. The molecule has 2 aromatic rings. The number of nitrogens with one attached hydrogen (secondary N) is 3. The van der Waals surface area contributed by atoms with Crippen LogP contribution in [0, 0.1) is 5.92 Å². The number of aliphatic hydroxyl groups excluding tert-OH is 1. The van der Waals surface area contributed by atoms with E-state index in [9.17, 15) is 9.90 Å². The first kappa shape index (κ1) is 24.4. The first-order valence-corrected chi connectivity index (χ1v) is 14.7. The van der Waals surface area contributed by atoms with Gasteiger partial charge in [-0.2, -0.15) is 11.3 Å². The summed E-state index contributed by atoms with van der Waals surface area (Å²) in [6.45, 7) is 3.85. The number of nitrogens with zero attached hydrogens (tertiary/aromatic N) is 2. The molecule has 5 atom stereocenters. The van der Waals surface area contributed by atoms with Crippen molar-refractivity contribution in [2.75, 3.05) is 31.1 Å². The Balaban J connectivity index is 1.11. The summed E-state index contributed by atoms with van der Waals surface area (Å²) in [5.74, 6) is 0.622. The van der Waals surface area contributed by atoms with Crippen molar-refractivity contribution in [2.24, 2.45) is 5.92 Å². The number of hydrazine groups is 1. The van der Waals surface area contributed by atoms with Crippen LogP contribution in [-0.2, 0) is 4.79 Å². The minimum atomic E-state index is -0.157. The Kier molecular flexibility index (Phi) is 7.31. The number of carbonyl (C=O) groups excluding carboxylic acids is 1. The number of amides is 1. The Morgan fingerprint density at radius 1 is 1.00 bits per heavy atom. The van der Waals surface area contributed by atoms with Crippen molar-refractivity contribution >= 4 is 22.9 Å². The smallest absolute Gasteiger partial charge is 0.242 e. The molecular formula is C28H39N5O2S. The van der Waals surface area contributed by atoms with Gasteiger partial charge in [0.15, 0.2) is 0 Å². The summed E-state index contributed by atoms with van der Waals surface area (Å²) in [5, 5.41) is 17.5. The lowest BCUT2D eigenvalue weighted by Crippen LogP contribution is -2.47. The Morgan fingerprint density at radius 3 is 2.50 bits per heavy atom. The van der Waals surface area contributed by atoms with E-state index in [1.54, 1.807) is 11.3 Å². The van der Waals surface area contributed by atoms with Crippen LogP contribution in [0.1, 0.15) is 68.2 Å². The number of benzene rings is 1. The van der Waals surface area contributed by atoms with Crippen LogP contribution in [0.15, 0.2) is 41.1 Å². The number of anilines is 1. The quantitative estimate of drug-likeness (QED) is 0.478. The minimum absolute atomic E-state index is 0.151. The molecule has 0 bridgehead atoms. The van der Waals surface area contributed by atoms with E-state index in [-0.39, 0.29) is 30.1 Å².